The fraction of sp³-hybridized carbons (Fsp3) is 0.278. The lowest BCUT2D eigenvalue weighted by Gasteiger charge is -2.20. The summed E-state index contributed by atoms with van der Waals surface area (Å²) in [5.41, 5.74) is -1.21. The maximum Gasteiger partial charge on any atom is 0.418 e. The van der Waals surface area contributed by atoms with Gasteiger partial charge in [0.25, 0.3) is 5.91 Å². The molecule has 0 aliphatic rings. The highest BCUT2D eigenvalue weighted by molar-refractivity contribution is 5.95. The number of methoxy groups -OCH3 is 1. The lowest BCUT2D eigenvalue weighted by atomic mass is 10.1. The number of amides is 1. The van der Waals surface area contributed by atoms with Crippen LogP contribution >= 0.6 is 0 Å². The van der Waals surface area contributed by atoms with E-state index in [4.69, 9.17) is 9.47 Å². The van der Waals surface area contributed by atoms with Crippen molar-refractivity contribution in [3.63, 3.8) is 0 Å². The van der Waals surface area contributed by atoms with Crippen molar-refractivity contribution in [1.29, 1.82) is 0 Å². The van der Waals surface area contributed by atoms with Crippen LogP contribution in [-0.4, -0.2) is 19.1 Å². The standard InChI is InChI=1S/C18H18F3NO3/c1-3-14(25-16-11-7-6-10-15(16)24-2)17(23)22-13-9-5-4-8-12(13)18(19,20)21/h4-11,14H,3H2,1-2H3,(H,22,23)/t14-/m1/s1. The molecule has 4 nitrogen and oxygen atoms in total. The molecule has 7 heteroatoms. The van der Waals surface area contributed by atoms with E-state index in [0.717, 1.165) is 6.07 Å². The second kappa shape index (κ2) is 7.92. The second-order valence-electron chi connectivity index (χ2n) is 5.20. The molecule has 2 aromatic carbocycles. The molecule has 0 aliphatic heterocycles. The van der Waals surface area contributed by atoms with Crippen LogP contribution < -0.4 is 14.8 Å². The molecule has 2 rings (SSSR count). The first-order valence-electron chi connectivity index (χ1n) is 7.63. The van der Waals surface area contributed by atoms with Crippen molar-refractivity contribution in [1.82, 2.24) is 0 Å². The van der Waals surface area contributed by atoms with Crippen LogP contribution in [0.5, 0.6) is 11.5 Å². The first-order chi connectivity index (χ1) is 11.9. The Morgan fingerprint density at radius 3 is 2.28 bits per heavy atom. The monoisotopic (exact) mass is 353 g/mol. The number of ether oxygens (including phenoxy) is 2. The fourth-order valence-corrected chi connectivity index (χ4v) is 2.24. The van der Waals surface area contributed by atoms with Gasteiger partial charge in [-0.15, -0.1) is 0 Å². The predicted molar refractivity (Wildman–Crippen MR) is 87.8 cm³/mol. The van der Waals surface area contributed by atoms with E-state index in [0.29, 0.717) is 11.5 Å². The van der Waals surface area contributed by atoms with E-state index < -0.39 is 23.8 Å². The smallest absolute Gasteiger partial charge is 0.418 e. The minimum absolute atomic E-state index is 0.276. The molecule has 0 spiro atoms. The Morgan fingerprint density at radius 1 is 1.08 bits per heavy atom. The Labute approximate surface area is 143 Å². The molecule has 0 bridgehead atoms. The molecule has 0 heterocycles. The summed E-state index contributed by atoms with van der Waals surface area (Å²) in [4.78, 5) is 12.4. The quantitative estimate of drug-likeness (QED) is 0.831. The van der Waals surface area contributed by atoms with Crippen molar-refractivity contribution in [3.05, 3.63) is 54.1 Å². The van der Waals surface area contributed by atoms with Crippen LogP contribution in [0.15, 0.2) is 48.5 Å². The normalized spacial score (nSPS) is 12.4. The summed E-state index contributed by atoms with van der Waals surface area (Å²) in [5, 5.41) is 2.30. The number of hydrogen-bond donors (Lipinski definition) is 1. The Balaban J connectivity index is 2.19. The van der Waals surface area contributed by atoms with Crippen LogP contribution in [0.25, 0.3) is 0 Å². The van der Waals surface area contributed by atoms with Crippen LogP contribution in [0, 0.1) is 0 Å². The van der Waals surface area contributed by atoms with Gasteiger partial charge in [0.2, 0.25) is 0 Å². The molecule has 2 aromatic rings. The number of para-hydroxylation sites is 3. The van der Waals surface area contributed by atoms with Crippen molar-refractivity contribution in [2.75, 3.05) is 12.4 Å². The highest BCUT2D eigenvalue weighted by Crippen LogP contribution is 2.35. The molecule has 0 saturated carbocycles. The second-order valence-corrected chi connectivity index (χ2v) is 5.20. The third-order valence-electron chi connectivity index (χ3n) is 3.49. The highest BCUT2D eigenvalue weighted by Gasteiger charge is 2.34. The Morgan fingerprint density at radius 2 is 1.68 bits per heavy atom. The average Bonchev–Trinajstić information content (AvgIpc) is 2.59. The summed E-state index contributed by atoms with van der Waals surface area (Å²) >= 11 is 0. The third-order valence-corrected chi connectivity index (χ3v) is 3.49. The van der Waals surface area contributed by atoms with Crippen molar-refractivity contribution in [2.45, 2.75) is 25.6 Å². The van der Waals surface area contributed by atoms with Gasteiger partial charge < -0.3 is 14.8 Å². The van der Waals surface area contributed by atoms with Crippen LogP contribution in [0.4, 0.5) is 18.9 Å². The molecule has 0 aliphatic carbocycles. The summed E-state index contributed by atoms with van der Waals surface area (Å²) in [6, 6.07) is 11.5. The van der Waals surface area contributed by atoms with E-state index in [-0.39, 0.29) is 12.1 Å². The molecule has 25 heavy (non-hydrogen) atoms. The SMILES string of the molecule is CC[C@@H](Oc1ccccc1OC)C(=O)Nc1ccccc1C(F)(F)F. The van der Waals surface area contributed by atoms with E-state index in [2.05, 4.69) is 5.32 Å². The third kappa shape index (κ3) is 4.65. The summed E-state index contributed by atoms with van der Waals surface area (Å²) in [5.74, 6) is 0.116. The van der Waals surface area contributed by atoms with E-state index >= 15 is 0 Å². The van der Waals surface area contributed by atoms with Gasteiger partial charge in [-0.25, -0.2) is 0 Å². The van der Waals surface area contributed by atoms with Crippen molar-refractivity contribution in [2.24, 2.45) is 0 Å². The molecule has 0 saturated heterocycles. The van der Waals surface area contributed by atoms with Crippen molar-refractivity contribution in [3.8, 4) is 11.5 Å². The van der Waals surface area contributed by atoms with E-state index in [1.807, 2.05) is 0 Å². The maximum atomic E-state index is 13.0. The Hall–Kier alpha value is -2.70. The molecule has 0 radical (unpaired) electrons. The van der Waals surface area contributed by atoms with Crippen molar-refractivity contribution < 1.29 is 27.4 Å². The molecular formula is C18H18F3NO3. The number of carbonyl (C=O) groups excluding carboxylic acids is 1. The van der Waals surface area contributed by atoms with Crippen molar-refractivity contribution >= 4 is 11.6 Å². The Bertz CT molecular complexity index is 732. The number of rotatable bonds is 6. The van der Waals surface area contributed by atoms with Crippen LogP contribution in [-0.2, 0) is 11.0 Å². The number of carbonyl (C=O) groups is 1. The number of halogens is 3. The highest BCUT2D eigenvalue weighted by atomic mass is 19.4. The molecule has 1 amide bonds. The zero-order valence-corrected chi connectivity index (χ0v) is 13.8. The molecular weight excluding hydrogens is 335 g/mol. The number of hydrogen-bond acceptors (Lipinski definition) is 3. The van der Waals surface area contributed by atoms with Crippen LogP contribution in [0.3, 0.4) is 0 Å². The Kier molecular flexibility index (Phi) is 5.90. The van der Waals surface area contributed by atoms with E-state index in [1.165, 1.54) is 25.3 Å². The summed E-state index contributed by atoms with van der Waals surface area (Å²) in [6.07, 6.45) is -5.25. The largest absolute Gasteiger partial charge is 0.493 e. The predicted octanol–water partition coefficient (Wildman–Crippen LogP) is 4.51. The average molecular weight is 353 g/mol. The number of alkyl halides is 3. The van der Waals surface area contributed by atoms with Gasteiger partial charge in [0.1, 0.15) is 0 Å². The van der Waals surface area contributed by atoms with Gasteiger partial charge in [-0.05, 0) is 30.7 Å². The minimum atomic E-state index is -4.56. The van der Waals surface area contributed by atoms with Crippen LogP contribution in [0.2, 0.25) is 0 Å². The van der Waals surface area contributed by atoms with Gasteiger partial charge >= 0.3 is 6.18 Å². The summed E-state index contributed by atoms with van der Waals surface area (Å²) in [7, 11) is 1.46. The molecule has 0 unspecified atom stereocenters. The van der Waals surface area contributed by atoms with Gasteiger partial charge in [-0.1, -0.05) is 31.2 Å². The van der Waals surface area contributed by atoms with Crippen LogP contribution in [0.1, 0.15) is 18.9 Å². The van der Waals surface area contributed by atoms with Gasteiger partial charge in [0.05, 0.1) is 18.4 Å². The van der Waals surface area contributed by atoms with Gasteiger partial charge in [0.15, 0.2) is 17.6 Å². The number of anilines is 1. The molecule has 1 atom stereocenters. The first-order valence-corrected chi connectivity index (χ1v) is 7.63. The number of benzene rings is 2. The molecule has 0 fully saturated rings. The van der Waals surface area contributed by atoms with Gasteiger partial charge in [-0.3, -0.25) is 4.79 Å². The summed E-state index contributed by atoms with van der Waals surface area (Å²) < 4.78 is 49.9. The lowest BCUT2D eigenvalue weighted by Crippen LogP contribution is -2.33. The summed E-state index contributed by atoms with van der Waals surface area (Å²) in [6.45, 7) is 1.70. The lowest BCUT2D eigenvalue weighted by molar-refractivity contribution is -0.137. The molecule has 0 aromatic heterocycles. The maximum absolute atomic E-state index is 13.0. The molecule has 1 N–H and O–H groups in total. The number of nitrogens with one attached hydrogen (secondary N) is 1. The zero-order chi connectivity index (χ0) is 18.4. The first kappa shape index (κ1) is 18.6. The minimum Gasteiger partial charge on any atom is -0.493 e. The van der Waals surface area contributed by atoms with Gasteiger partial charge in [0, 0.05) is 0 Å². The fourth-order valence-electron chi connectivity index (χ4n) is 2.24. The van der Waals surface area contributed by atoms with E-state index in [1.54, 1.807) is 31.2 Å². The topological polar surface area (TPSA) is 47.6 Å². The van der Waals surface area contributed by atoms with Gasteiger partial charge in [-0.2, -0.15) is 13.2 Å². The zero-order valence-electron chi connectivity index (χ0n) is 13.8. The van der Waals surface area contributed by atoms with E-state index in [9.17, 15) is 18.0 Å². The molecule has 134 valence electrons.